The van der Waals surface area contributed by atoms with E-state index in [1.54, 1.807) is 0 Å². The quantitative estimate of drug-likeness (QED) is 0.748. The van der Waals surface area contributed by atoms with E-state index in [4.69, 9.17) is 5.73 Å². The molecule has 0 aliphatic heterocycles. The van der Waals surface area contributed by atoms with Crippen LogP contribution in [0.3, 0.4) is 0 Å². The van der Waals surface area contributed by atoms with Gasteiger partial charge in [0.2, 0.25) is 0 Å². The van der Waals surface area contributed by atoms with Crippen molar-refractivity contribution in [2.45, 2.75) is 39.5 Å². The molecular weight excluding hydrogens is 162 g/mol. The van der Waals surface area contributed by atoms with Crippen LogP contribution in [0.4, 0.5) is 0 Å². The van der Waals surface area contributed by atoms with Gasteiger partial charge in [0.1, 0.15) is 5.82 Å². The summed E-state index contributed by atoms with van der Waals surface area (Å²) in [6.07, 6.45) is 0. The van der Waals surface area contributed by atoms with E-state index < -0.39 is 0 Å². The van der Waals surface area contributed by atoms with Gasteiger partial charge in [-0.3, -0.25) is 0 Å². The number of hydrogen-bond donors (Lipinski definition) is 2. The van der Waals surface area contributed by atoms with Crippen molar-refractivity contribution in [2.75, 3.05) is 6.54 Å². The van der Waals surface area contributed by atoms with E-state index in [0.29, 0.717) is 18.4 Å². The Kier molecular flexibility index (Phi) is 3.09. The van der Waals surface area contributed by atoms with Gasteiger partial charge in [-0.05, 0) is 12.8 Å². The number of rotatable bonds is 3. The molecule has 0 aromatic carbocycles. The van der Waals surface area contributed by atoms with Crippen LogP contribution in [-0.2, 0) is 0 Å². The van der Waals surface area contributed by atoms with Crippen molar-refractivity contribution in [3.05, 3.63) is 17.2 Å². The van der Waals surface area contributed by atoms with Gasteiger partial charge in [0.25, 0.3) is 0 Å². The largest absolute Gasteiger partial charge is 0.346 e. The predicted octanol–water partition coefficient (Wildman–Crippen LogP) is 1.90. The van der Waals surface area contributed by atoms with Gasteiger partial charge in [-0.2, -0.15) is 0 Å². The van der Waals surface area contributed by atoms with Crippen molar-refractivity contribution < 1.29 is 0 Å². The maximum atomic E-state index is 5.58. The molecule has 0 aliphatic carbocycles. The number of nitrogens with one attached hydrogen (secondary N) is 1. The van der Waals surface area contributed by atoms with Crippen LogP contribution in [0.5, 0.6) is 0 Å². The van der Waals surface area contributed by atoms with E-state index in [1.165, 1.54) is 5.69 Å². The summed E-state index contributed by atoms with van der Waals surface area (Å²) in [6, 6.07) is 0. The Bertz CT molecular complexity index is 276. The van der Waals surface area contributed by atoms with Gasteiger partial charge >= 0.3 is 0 Å². The van der Waals surface area contributed by atoms with Crippen LogP contribution < -0.4 is 5.73 Å². The van der Waals surface area contributed by atoms with Gasteiger partial charge in [-0.1, -0.05) is 20.8 Å². The zero-order valence-electron chi connectivity index (χ0n) is 8.89. The van der Waals surface area contributed by atoms with Gasteiger partial charge in [0.15, 0.2) is 0 Å². The third-order valence-electron chi connectivity index (χ3n) is 2.31. The molecule has 1 aromatic rings. The van der Waals surface area contributed by atoms with E-state index in [9.17, 15) is 0 Å². The molecule has 1 unspecified atom stereocenters. The van der Waals surface area contributed by atoms with Gasteiger partial charge in [0.05, 0.1) is 5.69 Å². The maximum absolute atomic E-state index is 5.58. The summed E-state index contributed by atoms with van der Waals surface area (Å²) in [7, 11) is 0. The van der Waals surface area contributed by atoms with Crippen molar-refractivity contribution in [3.8, 4) is 0 Å². The van der Waals surface area contributed by atoms with Crippen molar-refractivity contribution in [1.82, 2.24) is 9.97 Å². The Hall–Kier alpha value is -0.830. The zero-order valence-corrected chi connectivity index (χ0v) is 8.89. The van der Waals surface area contributed by atoms with Crippen molar-refractivity contribution >= 4 is 0 Å². The molecule has 0 saturated heterocycles. The molecule has 1 heterocycles. The van der Waals surface area contributed by atoms with Crippen LogP contribution in [-0.4, -0.2) is 16.5 Å². The predicted molar refractivity (Wildman–Crippen MR) is 54.9 cm³/mol. The highest BCUT2D eigenvalue weighted by molar-refractivity contribution is 5.18. The number of imidazole rings is 1. The van der Waals surface area contributed by atoms with Crippen LogP contribution >= 0.6 is 0 Å². The molecule has 3 N–H and O–H groups in total. The lowest BCUT2D eigenvalue weighted by molar-refractivity contribution is 0.715. The SMILES string of the molecule is Cc1[nH]c(C(C)CN)nc1C(C)C. The van der Waals surface area contributed by atoms with Crippen LogP contribution in [0.15, 0.2) is 0 Å². The summed E-state index contributed by atoms with van der Waals surface area (Å²) >= 11 is 0. The number of aromatic nitrogens is 2. The first-order valence-corrected chi connectivity index (χ1v) is 4.82. The molecule has 1 rings (SSSR count). The molecule has 1 atom stereocenters. The summed E-state index contributed by atoms with van der Waals surface area (Å²) in [5, 5.41) is 0. The first-order valence-electron chi connectivity index (χ1n) is 4.82. The van der Waals surface area contributed by atoms with Crippen molar-refractivity contribution in [2.24, 2.45) is 5.73 Å². The lowest BCUT2D eigenvalue weighted by atomic mass is 10.1. The van der Waals surface area contributed by atoms with Crippen LogP contribution in [0.25, 0.3) is 0 Å². The highest BCUT2D eigenvalue weighted by Crippen LogP contribution is 2.19. The number of hydrogen-bond acceptors (Lipinski definition) is 2. The summed E-state index contributed by atoms with van der Waals surface area (Å²) in [4.78, 5) is 7.83. The number of aromatic amines is 1. The highest BCUT2D eigenvalue weighted by Gasteiger charge is 2.13. The normalized spacial score (nSPS) is 13.7. The van der Waals surface area contributed by atoms with Gasteiger partial charge in [-0.15, -0.1) is 0 Å². The first-order chi connectivity index (χ1) is 6.06. The minimum Gasteiger partial charge on any atom is -0.346 e. The molecule has 13 heavy (non-hydrogen) atoms. The van der Waals surface area contributed by atoms with Crippen LogP contribution in [0.2, 0.25) is 0 Å². The molecular formula is C10H19N3. The summed E-state index contributed by atoms with van der Waals surface area (Å²) in [5.74, 6) is 1.82. The van der Waals surface area contributed by atoms with Crippen LogP contribution in [0.1, 0.15) is 49.8 Å². The molecule has 0 saturated carbocycles. The fourth-order valence-electron chi connectivity index (χ4n) is 1.40. The third-order valence-corrected chi connectivity index (χ3v) is 2.31. The molecule has 0 bridgehead atoms. The zero-order chi connectivity index (χ0) is 10.0. The number of aryl methyl sites for hydroxylation is 1. The smallest absolute Gasteiger partial charge is 0.110 e. The molecule has 3 heteroatoms. The van der Waals surface area contributed by atoms with Gasteiger partial charge in [0, 0.05) is 18.2 Å². The van der Waals surface area contributed by atoms with Gasteiger partial charge in [-0.25, -0.2) is 4.98 Å². The summed E-state index contributed by atoms with van der Waals surface area (Å²) in [5.41, 5.74) is 7.91. The Labute approximate surface area is 79.8 Å². The number of nitrogens with two attached hydrogens (primary N) is 1. The topological polar surface area (TPSA) is 54.7 Å². The lowest BCUT2D eigenvalue weighted by Crippen LogP contribution is -2.10. The standard InChI is InChI=1S/C10H19N3/c1-6(2)9-8(4)12-10(13-9)7(3)5-11/h6-7H,5,11H2,1-4H3,(H,12,13). The molecule has 0 radical (unpaired) electrons. The van der Waals surface area contributed by atoms with E-state index in [0.717, 1.165) is 11.5 Å². The molecule has 1 aromatic heterocycles. The van der Waals surface area contributed by atoms with E-state index in [1.807, 2.05) is 0 Å². The Morgan fingerprint density at radius 2 is 2.00 bits per heavy atom. The maximum Gasteiger partial charge on any atom is 0.110 e. The first kappa shape index (κ1) is 10.3. The highest BCUT2D eigenvalue weighted by atomic mass is 14.9. The summed E-state index contributed by atoms with van der Waals surface area (Å²) < 4.78 is 0. The average molecular weight is 181 g/mol. The second kappa shape index (κ2) is 3.92. The number of H-pyrrole nitrogens is 1. The Morgan fingerprint density at radius 1 is 1.38 bits per heavy atom. The Morgan fingerprint density at radius 3 is 2.38 bits per heavy atom. The van der Waals surface area contributed by atoms with Crippen molar-refractivity contribution in [1.29, 1.82) is 0 Å². The lowest BCUT2D eigenvalue weighted by Gasteiger charge is -2.03. The second-order valence-electron chi connectivity index (χ2n) is 3.92. The van der Waals surface area contributed by atoms with Crippen molar-refractivity contribution in [3.63, 3.8) is 0 Å². The molecule has 0 amide bonds. The molecule has 0 spiro atoms. The van der Waals surface area contributed by atoms with E-state index in [2.05, 4.69) is 37.7 Å². The monoisotopic (exact) mass is 181 g/mol. The van der Waals surface area contributed by atoms with E-state index in [-0.39, 0.29) is 0 Å². The van der Waals surface area contributed by atoms with E-state index >= 15 is 0 Å². The van der Waals surface area contributed by atoms with Crippen LogP contribution in [0, 0.1) is 6.92 Å². The Balaban J connectivity index is 2.95. The molecule has 74 valence electrons. The number of nitrogens with zero attached hydrogens (tertiary/aromatic N) is 1. The molecule has 3 nitrogen and oxygen atoms in total. The average Bonchev–Trinajstić information content (AvgIpc) is 2.46. The fraction of sp³-hybridized carbons (Fsp3) is 0.700. The minimum absolute atomic E-state index is 0.325. The third kappa shape index (κ3) is 2.10. The minimum atomic E-state index is 0.325. The second-order valence-corrected chi connectivity index (χ2v) is 3.92. The fourth-order valence-corrected chi connectivity index (χ4v) is 1.40. The molecule has 0 fully saturated rings. The summed E-state index contributed by atoms with van der Waals surface area (Å²) in [6.45, 7) is 9.10. The molecule has 0 aliphatic rings. The van der Waals surface area contributed by atoms with Gasteiger partial charge < -0.3 is 10.7 Å².